The third-order valence-electron chi connectivity index (χ3n) is 2.24. The van der Waals surface area contributed by atoms with E-state index in [0.717, 1.165) is 15.6 Å². The third-order valence-corrected chi connectivity index (χ3v) is 2.65. The number of benzene rings is 1. The molecule has 0 bridgehead atoms. The van der Waals surface area contributed by atoms with Crippen LogP contribution < -0.4 is 5.73 Å². The predicted octanol–water partition coefficient (Wildman–Crippen LogP) is 1.98. The molecule has 0 spiro atoms. The second-order valence-corrected chi connectivity index (χ2v) is 4.34. The number of rotatable bonds is 3. The number of amidine groups is 1. The van der Waals surface area contributed by atoms with Crippen LogP contribution >= 0.6 is 15.9 Å². The van der Waals surface area contributed by atoms with Crippen LogP contribution in [0.15, 0.2) is 41.1 Å². The van der Waals surface area contributed by atoms with Gasteiger partial charge in [-0.15, -0.1) is 0 Å². The van der Waals surface area contributed by atoms with E-state index in [0.29, 0.717) is 6.54 Å². The number of hydrogen-bond acceptors (Lipinski definition) is 2. The summed E-state index contributed by atoms with van der Waals surface area (Å²) >= 11 is 3.34. The van der Waals surface area contributed by atoms with Crippen molar-refractivity contribution in [1.29, 1.82) is 5.41 Å². The lowest BCUT2D eigenvalue weighted by molar-refractivity contribution is 0.686. The Kier molecular flexibility index (Phi) is 3.05. The molecule has 0 atom stereocenters. The van der Waals surface area contributed by atoms with Gasteiger partial charge in [0, 0.05) is 11.8 Å². The van der Waals surface area contributed by atoms with E-state index in [9.17, 15) is 0 Å². The fourth-order valence-corrected chi connectivity index (χ4v) is 1.85. The molecule has 1 aromatic carbocycles. The zero-order valence-electron chi connectivity index (χ0n) is 8.52. The average molecular weight is 279 g/mol. The fraction of sp³-hybridized carbons (Fsp3) is 0.0909. The molecule has 82 valence electrons. The van der Waals surface area contributed by atoms with Crippen molar-refractivity contribution >= 4 is 21.8 Å². The Morgan fingerprint density at radius 3 is 2.81 bits per heavy atom. The summed E-state index contributed by atoms with van der Waals surface area (Å²) in [5, 5.41) is 11.7. The fourth-order valence-electron chi connectivity index (χ4n) is 1.52. The van der Waals surface area contributed by atoms with Gasteiger partial charge in [0.1, 0.15) is 5.84 Å². The minimum atomic E-state index is 0.0850. The summed E-state index contributed by atoms with van der Waals surface area (Å²) in [6, 6.07) is 7.60. The van der Waals surface area contributed by atoms with E-state index in [2.05, 4.69) is 21.0 Å². The molecule has 1 heterocycles. The highest BCUT2D eigenvalue weighted by Crippen LogP contribution is 2.12. The largest absolute Gasteiger partial charge is 0.384 e. The quantitative estimate of drug-likeness (QED) is 0.666. The van der Waals surface area contributed by atoms with Gasteiger partial charge in [-0.3, -0.25) is 10.1 Å². The summed E-state index contributed by atoms with van der Waals surface area (Å²) in [6.45, 7) is 0.612. The Labute approximate surface area is 102 Å². The molecule has 16 heavy (non-hydrogen) atoms. The molecule has 2 aromatic rings. The number of nitrogens with one attached hydrogen (secondary N) is 1. The summed E-state index contributed by atoms with van der Waals surface area (Å²) in [4.78, 5) is 0. The molecule has 0 unspecified atom stereocenters. The minimum Gasteiger partial charge on any atom is -0.384 e. The third kappa shape index (κ3) is 2.30. The number of hydrogen-bond donors (Lipinski definition) is 2. The van der Waals surface area contributed by atoms with Crippen LogP contribution in [0.5, 0.6) is 0 Å². The van der Waals surface area contributed by atoms with Crippen molar-refractivity contribution in [3.63, 3.8) is 0 Å². The van der Waals surface area contributed by atoms with Gasteiger partial charge >= 0.3 is 0 Å². The monoisotopic (exact) mass is 278 g/mol. The van der Waals surface area contributed by atoms with Gasteiger partial charge in [-0.05, 0) is 21.5 Å². The lowest BCUT2D eigenvalue weighted by Crippen LogP contribution is -2.15. The average Bonchev–Trinajstić information content (AvgIpc) is 2.64. The molecule has 0 fully saturated rings. The SMILES string of the molecule is N=C(N)c1ccccc1Cn1cc(Br)cn1. The molecule has 4 nitrogen and oxygen atoms in total. The van der Waals surface area contributed by atoms with Crippen molar-refractivity contribution in [2.24, 2.45) is 5.73 Å². The lowest BCUT2D eigenvalue weighted by Gasteiger charge is -2.07. The van der Waals surface area contributed by atoms with Crippen LogP contribution in [0, 0.1) is 5.41 Å². The van der Waals surface area contributed by atoms with Crippen LogP contribution in [-0.4, -0.2) is 15.6 Å². The highest BCUT2D eigenvalue weighted by Gasteiger charge is 2.05. The van der Waals surface area contributed by atoms with Gasteiger partial charge in [-0.1, -0.05) is 24.3 Å². The van der Waals surface area contributed by atoms with Crippen molar-refractivity contribution in [3.8, 4) is 0 Å². The Morgan fingerprint density at radius 1 is 1.44 bits per heavy atom. The van der Waals surface area contributed by atoms with E-state index < -0.39 is 0 Å². The Morgan fingerprint density at radius 2 is 2.19 bits per heavy atom. The predicted molar refractivity (Wildman–Crippen MR) is 66.5 cm³/mol. The van der Waals surface area contributed by atoms with E-state index in [-0.39, 0.29) is 5.84 Å². The minimum absolute atomic E-state index is 0.0850. The molecule has 0 amide bonds. The second kappa shape index (κ2) is 4.49. The molecule has 0 saturated heterocycles. The zero-order valence-corrected chi connectivity index (χ0v) is 10.1. The molecule has 0 aliphatic heterocycles. The molecule has 3 N–H and O–H groups in total. The highest BCUT2D eigenvalue weighted by molar-refractivity contribution is 9.10. The summed E-state index contributed by atoms with van der Waals surface area (Å²) in [5.74, 6) is 0.0850. The number of halogens is 1. The molecular formula is C11H11BrN4. The number of nitrogens with zero attached hydrogens (tertiary/aromatic N) is 2. The Hall–Kier alpha value is -1.62. The maximum absolute atomic E-state index is 7.49. The van der Waals surface area contributed by atoms with Gasteiger partial charge in [0.2, 0.25) is 0 Å². The molecule has 5 heteroatoms. The first-order valence-electron chi connectivity index (χ1n) is 4.77. The number of aromatic nitrogens is 2. The first-order chi connectivity index (χ1) is 7.66. The molecule has 0 radical (unpaired) electrons. The van der Waals surface area contributed by atoms with E-state index in [1.165, 1.54) is 0 Å². The summed E-state index contributed by atoms with van der Waals surface area (Å²) < 4.78 is 2.74. The molecule has 1 aromatic heterocycles. The van der Waals surface area contributed by atoms with Crippen molar-refractivity contribution in [2.75, 3.05) is 0 Å². The molecule has 0 saturated carbocycles. The first-order valence-corrected chi connectivity index (χ1v) is 5.56. The highest BCUT2D eigenvalue weighted by atomic mass is 79.9. The van der Waals surface area contributed by atoms with Gasteiger partial charge < -0.3 is 5.73 Å². The molecule has 2 rings (SSSR count). The zero-order chi connectivity index (χ0) is 11.5. The van der Waals surface area contributed by atoms with Crippen LogP contribution in [0.1, 0.15) is 11.1 Å². The van der Waals surface area contributed by atoms with Gasteiger partial charge in [0.25, 0.3) is 0 Å². The summed E-state index contributed by atoms with van der Waals surface area (Å²) in [6.07, 6.45) is 3.62. The van der Waals surface area contributed by atoms with E-state index in [1.807, 2.05) is 30.5 Å². The Balaban J connectivity index is 2.31. The van der Waals surface area contributed by atoms with Crippen molar-refractivity contribution in [2.45, 2.75) is 6.54 Å². The van der Waals surface area contributed by atoms with Gasteiger partial charge in [-0.25, -0.2) is 0 Å². The van der Waals surface area contributed by atoms with E-state index in [4.69, 9.17) is 11.1 Å². The van der Waals surface area contributed by atoms with Crippen LogP contribution in [-0.2, 0) is 6.54 Å². The molecule has 0 aliphatic carbocycles. The van der Waals surface area contributed by atoms with Crippen molar-refractivity contribution in [3.05, 3.63) is 52.3 Å². The maximum Gasteiger partial charge on any atom is 0.123 e. The topological polar surface area (TPSA) is 67.7 Å². The van der Waals surface area contributed by atoms with Gasteiger partial charge in [0.05, 0.1) is 17.2 Å². The normalized spacial score (nSPS) is 10.3. The smallest absolute Gasteiger partial charge is 0.123 e. The van der Waals surface area contributed by atoms with Crippen LogP contribution in [0.25, 0.3) is 0 Å². The van der Waals surface area contributed by atoms with Gasteiger partial charge in [0.15, 0.2) is 0 Å². The van der Waals surface area contributed by atoms with Crippen LogP contribution in [0.2, 0.25) is 0 Å². The lowest BCUT2D eigenvalue weighted by atomic mass is 10.1. The van der Waals surface area contributed by atoms with Crippen molar-refractivity contribution < 1.29 is 0 Å². The summed E-state index contributed by atoms with van der Waals surface area (Å²) in [7, 11) is 0. The molecule has 0 aliphatic rings. The van der Waals surface area contributed by atoms with Gasteiger partial charge in [-0.2, -0.15) is 5.10 Å². The standard InChI is InChI=1S/C11H11BrN4/c12-9-5-15-16(7-9)6-8-3-1-2-4-10(8)11(13)14/h1-5,7H,6H2,(H3,13,14). The van der Waals surface area contributed by atoms with Crippen molar-refractivity contribution in [1.82, 2.24) is 9.78 Å². The maximum atomic E-state index is 7.49. The van der Waals surface area contributed by atoms with Crippen LogP contribution in [0.3, 0.4) is 0 Å². The van der Waals surface area contributed by atoms with E-state index in [1.54, 1.807) is 10.9 Å². The molecular weight excluding hydrogens is 268 g/mol. The van der Waals surface area contributed by atoms with E-state index >= 15 is 0 Å². The number of nitrogens with two attached hydrogens (primary N) is 1. The summed E-state index contributed by atoms with van der Waals surface area (Å²) in [5.41, 5.74) is 7.27. The second-order valence-electron chi connectivity index (χ2n) is 3.43. The first kappa shape index (κ1) is 10.9. The number of nitrogen functional groups attached to an aromatic ring is 1. The Bertz CT molecular complexity index is 518. The van der Waals surface area contributed by atoms with Crippen LogP contribution in [0.4, 0.5) is 0 Å².